The van der Waals surface area contributed by atoms with Crippen LogP contribution in [0.4, 0.5) is 11.5 Å². The molecule has 20 heavy (non-hydrogen) atoms. The second-order valence-corrected chi connectivity index (χ2v) is 4.30. The van der Waals surface area contributed by atoms with E-state index in [-0.39, 0.29) is 22.5 Å². The summed E-state index contributed by atoms with van der Waals surface area (Å²) >= 11 is 11.7. The van der Waals surface area contributed by atoms with Gasteiger partial charge >= 0.3 is 11.6 Å². The van der Waals surface area contributed by atoms with Crippen molar-refractivity contribution in [2.45, 2.75) is 0 Å². The third kappa shape index (κ3) is 2.87. The summed E-state index contributed by atoms with van der Waals surface area (Å²) in [4.78, 5) is 17.7. The minimum Gasteiger partial charge on any atom is -0.432 e. The summed E-state index contributed by atoms with van der Waals surface area (Å²) in [5, 5.41) is 11.6. The fourth-order valence-corrected chi connectivity index (χ4v) is 1.69. The molecule has 104 valence electrons. The van der Waals surface area contributed by atoms with Crippen LogP contribution in [0.3, 0.4) is 0 Å². The van der Waals surface area contributed by atoms with Gasteiger partial charge in [-0.25, -0.2) is 10.8 Å². The lowest BCUT2D eigenvalue weighted by Gasteiger charge is -2.08. The first-order valence-electron chi connectivity index (χ1n) is 5.12. The molecule has 1 aromatic heterocycles. The molecule has 1 heterocycles. The van der Waals surface area contributed by atoms with Crippen LogP contribution in [-0.4, -0.2) is 14.9 Å². The molecule has 0 saturated heterocycles. The number of hydrogen-bond acceptors (Lipinski definition) is 7. The van der Waals surface area contributed by atoms with Crippen molar-refractivity contribution in [1.82, 2.24) is 9.97 Å². The van der Waals surface area contributed by atoms with Crippen LogP contribution in [0.5, 0.6) is 11.6 Å². The molecule has 3 N–H and O–H groups in total. The topological polar surface area (TPSA) is 116 Å². The van der Waals surface area contributed by atoms with Crippen molar-refractivity contribution in [3.63, 3.8) is 0 Å². The van der Waals surface area contributed by atoms with Gasteiger partial charge in [-0.2, -0.15) is 4.98 Å². The standard InChI is InChI=1S/C10H7Cl2N5O3/c11-5-1-2-6(12)7(3-5)20-10-8(17(18)19)9(16-13)14-4-15-10/h1-4H,13H2,(H,14,15,16). The fourth-order valence-electron chi connectivity index (χ4n) is 1.37. The van der Waals surface area contributed by atoms with Crippen molar-refractivity contribution in [2.75, 3.05) is 5.43 Å². The second-order valence-electron chi connectivity index (χ2n) is 3.45. The molecule has 2 aromatic rings. The fraction of sp³-hybridized carbons (Fsp3) is 0. The van der Waals surface area contributed by atoms with Gasteiger partial charge in [0, 0.05) is 11.1 Å². The molecule has 8 nitrogen and oxygen atoms in total. The summed E-state index contributed by atoms with van der Waals surface area (Å²) in [5.41, 5.74) is 1.59. The van der Waals surface area contributed by atoms with Crippen LogP contribution in [0.2, 0.25) is 10.0 Å². The molecule has 0 radical (unpaired) electrons. The Morgan fingerprint density at radius 1 is 1.35 bits per heavy atom. The van der Waals surface area contributed by atoms with Gasteiger partial charge < -0.3 is 10.2 Å². The molecule has 2 rings (SSSR count). The van der Waals surface area contributed by atoms with E-state index in [1.54, 1.807) is 6.07 Å². The molecule has 0 unspecified atom stereocenters. The van der Waals surface area contributed by atoms with E-state index in [9.17, 15) is 10.1 Å². The number of aromatic nitrogens is 2. The average molecular weight is 316 g/mol. The smallest absolute Gasteiger partial charge is 0.374 e. The molecule has 10 heteroatoms. The first kappa shape index (κ1) is 14.3. The van der Waals surface area contributed by atoms with E-state index in [0.717, 1.165) is 6.33 Å². The summed E-state index contributed by atoms with van der Waals surface area (Å²) < 4.78 is 5.32. The summed E-state index contributed by atoms with van der Waals surface area (Å²) in [6, 6.07) is 4.46. The van der Waals surface area contributed by atoms with Gasteiger partial charge in [0.05, 0.1) is 9.95 Å². The van der Waals surface area contributed by atoms with E-state index in [2.05, 4.69) is 15.4 Å². The number of rotatable bonds is 4. The summed E-state index contributed by atoms with van der Waals surface area (Å²) in [6.45, 7) is 0. The summed E-state index contributed by atoms with van der Waals surface area (Å²) in [5.74, 6) is 4.80. The Bertz CT molecular complexity index is 667. The second kappa shape index (κ2) is 5.87. The van der Waals surface area contributed by atoms with Crippen molar-refractivity contribution in [3.05, 3.63) is 44.7 Å². The van der Waals surface area contributed by atoms with E-state index in [1.165, 1.54) is 12.1 Å². The Labute approximate surface area is 122 Å². The highest BCUT2D eigenvalue weighted by Crippen LogP contribution is 2.37. The van der Waals surface area contributed by atoms with Crippen molar-refractivity contribution in [2.24, 2.45) is 5.84 Å². The number of hydrazine groups is 1. The quantitative estimate of drug-likeness (QED) is 0.506. The molecule has 0 bridgehead atoms. The first-order chi connectivity index (χ1) is 9.52. The van der Waals surface area contributed by atoms with E-state index in [4.69, 9.17) is 33.8 Å². The molecule has 0 aliphatic carbocycles. The number of halogens is 2. The number of nitrogen functional groups attached to an aromatic ring is 1. The third-order valence-electron chi connectivity index (χ3n) is 2.21. The predicted molar refractivity (Wildman–Crippen MR) is 73.0 cm³/mol. The van der Waals surface area contributed by atoms with Crippen LogP contribution >= 0.6 is 23.2 Å². The molecule has 0 fully saturated rings. The van der Waals surface area contributed by atoms with Gasteiger partial charge in [0.15, 0.2) is 0 Å². The van der Waals surface area contributed by atoms with Crippen LogP contribution in [0.1, 0.15) is 0 Å². The Morgan fingerprint density at radius 2 is 2.10 bits per heavy atom. The maximum absolute atomic E-state index is 11.0. The number of nitrogens with zero attached hydrogens (tertiary/aromatic N) is 3. The zero-order valence-corrected chi connectivity index (χ0v) is 11.2. The van der Waals surface area contributed by atoms with Gasteiger partial charge in [-0.1, -0.05) is 23.2 Å². The van der Waals surface area contributed by atoms with Gasteiger partial charge in [0.2, 0.25) is 5.82 Å². The number of anilines is 1. The van der Waals surface area contributed by atoms with E-state index in [1.807, 2.05) is 0 Å². The SMILES string of the molecule is NNc1ncnc(Oc2cc(Cl)ccc2Cl)c1[N+](=O)[O-]. The zero-order chi connectivity index (χ0) is 14.7. The molecule has 0 spiro atoms. The monoisotopic (exact) mass is 315 g/mol. The summed E-state index contributed by atoms with van der Waals surface area (Å²) in [7, 11) is 0. The number of ether oxygens (including phenoxy) is 1. The van der Waals surface area contributed by atoms with Gasteiger partial charge in [0.1, 0.15) is 12.1 Å². The molecule has 0 amide bonds. The van der Waals surface area contributed by atoms with Gasteiger partial charge in [0.25, 0.3) is 0 Å². The maximum Gasteiger partial charge on any atom is 0.374 e. The van der Waals surface area contributed by atoms with Crippen molar-refractivity contribution in [3.8, 4) is 11.6 Å². The van der Waals surface area contributed by atoms with Crippen LogP contribution < -0.4 is 16.0 Å². The lowest BCUT2D eigenvalue weighted by Crippen LogP contribution is -2.12. The van der Waals surface area contributed by atoms with E-state index < -0.39 is 10.6 Å². The number of benzene rings is 1. The van der Waals surface area contributed by atoms with Crippen molar-refractivity contribution in [1.29, 1.82) is 0 Å². The normalized spacial score (nSPS) is 10.2. The van der Waals surface area contributed by atoms with Crippen LogP contribution in [0, 0.1) is 10.1 Å². The molecule has 0 atom stereocenters. The van der Waals surface area contributed by atoms with Crippen LogP contribution in [-0.2, 0) is 0 Å². The van der Waals surface area contributed by atoms with Gasteiger partial charge in [-0.3, -0.25) is 10.1 Å². The third-order valence-corrected chi connectivity index (χ3v) is 2.76. The minimum atomic E-state index is -0.719. The highest BCUT2D eigenvalue weighted by atomic mass is 35.5. The molecule has 0 saturated carbocycles. The first-order valence-corrected chi connectivity index (χ1v) is 5.87. The lowest BCUT2D eigenvalue weighted by molar-refractivity contribution is -0.385. The highest BCUT2D eigenvalue weighted by molar-refractivity contribution is 6.34. The van der Waals surface area contributed by atoms with E-state index in [0.29, 0.717) is 5.02 Å². The van der Waals surface area contributed by atoms with Gasteiger partial charge in [-0.05, 0) is 12.1 Å². The molecule has 0 aliphatic heterocycles. The molecular weight excluding hydrogens is 309 g/mol. The lowest BCUT2D eigenvalue weighted by atomic mass is 10.3. The maximum atomic E-state index is 11.0. The van der Waals surface area contributed by atoms with Crippen LogP contribution in [0.25, 0.3) is 0 Å². The Kier molecular flexibility index (Phi) is 4.18. The zero-order valence-electron chi connectivity index (χ0n) is 9.71. The Hall–Kier alpha value is -2.16. The van der Waals surface area contributed by atoms with Gasteiger partial charge in [-0.15, -0.1) is 0 Å². The largest absolute Gasteiger partial charge is 0.432 e. The number of hydrogen-bond donors (Lipinski definition) is 2. The number of nitrogens with one attached hydrogen (secondary N) is 1. The Balaban J connectivity index is 2.48. The van der Waals surface area contributed by atoms with Crippen molar-refractivity contribution >= 4 is 34.7 Å². The number of nitrogens with two attached hydrogens (primary N) is 1. The molecule has 1 aromatic carbocycles. The minimum absolute atomic E-state index is 0.129. The average Bonchev–Trinajstić information content (AvgIpc) is 2.42. The Morgan fingerprint density at radius 3 is 2.75 bits per heavy atom. The molecule has 0 aliphatic rings. The van der Waals surface area contributed by atoms with E-state index >= 15 is 0 Å². The van der Waals surface area contributed by atoms with Crippen LogP contribution in [0.15, 0.2) is 24.5 Å². The number of nitro groups is 1. The predicted octanol–water partition coefficient (Wildman–Crippen LogP) is 2.77. The highest BCUT2D eigenvalue weighted by Gasteiger charge is 2.25. The summed E-state index contributed by atoms with van der Waals surface area (Å²) in [6.07, 6.45) is 1.07. The molecular formula is C10H7Cl2N5O3. The van der Waals surface area contributed by atoms with Crippen molar-refractivity contribution < 1.29 is 9.66 Å².